The van der Waals surface area contributed by atoms with Crippen molar-refractivity contribution in [3.05, 3.63) is 57.7 Å². The zero-order chi connectivity index (χ0) is 11.4. The van der Waals surface area contributed by atoms with Crippen LogP contribution in [0.5, 0.6) is 11.5 Å². The molecule has 0 fully saturated rings. The van der Waals surface area contributed by atoms with Gasteiger partial charge in [0, 0.05) is 3.57 Å². The Morgan fingerprint density at radius 3 is 2.44 bits per heavy atom. The quantitative estimate of drug-likeness (QED) is 0.785. The Morgan fingerprint density at radius 1 is 1.00 bits per heavy atom. The predicted molar refractivity (Wildman–Crippen MR) is 70.4 cm³/mol. The van der Waals surface area contributed by atoms with Crippen molar-refractivity contribution in [2.45, 2.75) is 0 Å². The second-order valence-corrected chi connectivity index (χ2v) is 4.44. The number of hydrogen-bond acceptors (Lipinski definition) is 2. The summed E-state index contributed by atoms with van der Waals surface area (Å²) in [5, 5.41) is 8.76. The van der Waals surface area contributed by atoms with E-state index < -0.39 is 0 Å². The van der Waals surface area contributed by atoms with Gasteiger partial charge < -0.3 is 4.74 Å². The zero-order valence-electron chi connectivity index (χ0n) is 8.35. The molecule has 2 nitrogen and oxygen atoms in total. The van der Waals surface area contributed by atoms with Crippen molar-refractivity contribution in [2.24, 2.45) is 0 Å². The number of benzene rings is 2. The van der Waals surface area contributed by atoms with E-state index in [1.54, 1.807) is 18.2 Å². The van der Waals surface area contributed by atoms with E-state index in [-0.39, 0.29) is 0 Å². The Balaban J connectivity index is 2.21. The second-order valence-electron chi connectivity index (χ2n) is 3.20. The fraction of sp³-hybridized carbons (Fsp3) is 0. The van der Waals surface area contributed by atoms with Crippen LogP contribution in [0.25, 0.3) is 0 Å². The fourth-order valence-electron chi connectivity index (χ4n) is 1.27. The van der Waals surface area contributed by atoms with Crippen molar-refractivity contribution >= 4 is 22.6 Å². The molecule has 2 aromatic carbocycles. The zero-order valence-corrected chi connectivity index (χ0v) is 10.5. The maximum atomic E-state index is 8.76. The second kappa shape index (κ2) is 4.99. The first kappa shape index (κ1) is 11.0. The van der Waals surface area contributed by atoms with E-state index in [9.17, 15) is 0 Å². The fourth-order valence-corrected chi connectivity index (χ4v) is 1.63. The van der Waals surface area contributed by atoms with E-state index in [0.29, 0.717) is 11.3 Å². The Bertz CT molecular complexity index is 528. The van der Waals surface area contributed by atoms with E-state index >= 15 is 0 Å². The molecule has 16 heavy (non-hydrogen) atoms. The summed E-state index contributed by atoms with van der Waals surface area (Å²) < 4.78 is 6.78. The van der Waals surface area contributed by atoms with Crippen molar-refractivity contribution < 1.29 is 4.74 Å². The average Bonchev–Trinajstić information content (AvgIpc) is 2.32. The van der Waals surface area contributed by atoms with E-state index in [4.69, 9.17) is 10.00 Å². The summed E-state index contributed by atoms with van der Waals surface area (Å²) in [7, 11) is 0. The van der Waals surface area contributed by atoms with Gasteiger partial charge in [-0.25, -0.2) is 0 Å². The summed E-state index contributed by atoms with van der Waals surface area (Å²) in [6.45, 7) is 0. The molecule has 0 unspecified atom stereocenters. The van der Waals surface area contributed by atoms with Gasteiger partial charge in [-0.15, -0.1) is 0 Å². The minimum absolute atomic E-state index is 0.600. The summed E-state index contributed by atoms with van der Waals surface area (Å²) in [6.07, 6.45) is 0. The van der Waals surface area contributed by atoms with E-state index in [2.05, 4.69) is 28.7 Å². The molecular formula is C13H8INO. The van der Waals surface area contributed by atoms with Gasteiger partial charge in [-0.3, -0.25) is 0 Å². The highest BCUT2D eigenvalue weighted by Crippen LogP contribution is 2.22. The Morgan fingerprint density at radius 2 is 1.75 bits per heavy atom. The molecule has 2 rings (SSSR count). The van der Waals surface area contributed by atoms with Crippen LogP contribution in [0, 0.1) is 14.9 Å². The van der Waals surface area contributed by atoms with Gasteiger partial charge in [-0.2, -0.15) is 5.26 Å². The molecule has 0 aromatic heterocycles. The van der Waals surface area contributed by atoms with Crippen LogP contribution in [0.1, 0.15) is 5.56 Å². The van der Waals surface area contributed by atoms with E-state index in [1.165, 1.54) is 0 Å². The number of nitriles is 1. The van der Waals surface area contributed by atoms with Gasteiger partial charge in [0.1, 0.15) is 11.5 Å². The first-order valence-electron chi connectivity index (χ1n) is 4.71. The molecule has 0 radical (unpaired) electrons. The standard InChI is InChI=1S/C13H8INO/c14-11-4-6-12(7-5-11)16-13-3-1-2-10(8-13)9-15/h1-8H. The highest BCUT2D eigenvalue weighted by Gasteiger charge is 1.98. The van der Waals surface area contributed by atoms with Crippen molar-refractivity contribution in [1.82, 2.24) is 0 Å². The molecule has 0 saturated carbocycles. The predicted octanol–water partition coefficient (Wildman–Crippen LogP) is 3.96. The molecule has 3 heteroatoms. The molecule has 0 aliphatic heterocycles. The third kappa shape index (κ3) is 2.74. The lowest BCUT2D eigenvalue weighted by Crippen LogP contribution is -1.84. The maximum Gasteiger partial charge on any atom is 0.128 e. The minimum Gasteiger partial charge on any atom is -0.457 e. The van der Waals surface area contributed by atoms with Crippen molar-refractivity contribution in [2.75, 3.05) is 0 Å². The molecule has 0 aliphatic rings. The third-order valence-electron chi connectivity index (χ3n) is 2.01. The third-order valence-corrected chi connectivity index (χ3v) is 2.73. The highest BCUT2D eigenvalue weighted by atomic mass is 127. The largest absolute Gasteiger partial charge is 0.457 e. The SMILES string of the molecule is N#Cc1cccc(Oc2ccc(I)cc2)c1. The Labute approximate surface area is 108 Å². The van der Waals surface area contributed by atoms with Crippen LogP contribution in [-0.2, 0) is 0 Å². The molecule has 0 saturated heterocycles. The summed E-state index contributed by atoms with van der Waals surface area (Å²) in [6, 6.07) is 16.9. The first-order chi connectivity index (χ1) is 7.78. The van der Waals surface area contributed by atoms with Crippen LogP contribution in [0.4, 0.5) is 0 Å². The Hall–Kier alpha value is -1.54. The lowest BCUT2D eigenvalue weighted by molar-refractivity contribution is 0.482. The summed E-state index contributed by atoms with van der Waals surface area (Å²) in [5.74, 6) is 1.45. The normalized spacial score (nSPS) is 9.50. The first-order valence-corrected chi connectivity index (χ1v) is 5.79. The van der Waals surface area contributed by atoms with Gasteiger partial charge in [0.15, 0.2) is 0 Å². The van der Waals surface area contributed by atoms with Crippen LogP contribution in [0.15, 0.2) is 48.5 Å². The summed E-state index contributed by atoms with van der Waals surface area (Å²) >= 11 is 2.24. The Kier molecular flexibility index (Phi) is 3.42. The van der Waals surface area contributed by atoms with Crippen molar-refractivity contribution in [3.8, 4) is 17.6 Å². The van der Waals surface area contributed by atoms with Crippen molar-refractivity contribution in [3.63, 3.8) is 0 Å². The van der Waals surface area contributed by atoms with Crippen LogP contribution in [0.3, 0.4) is 0 Å². The smallest absolute Gasteiger partial charge is 0.128 e. The molecule has 78 valence electrons. The van der Waals surface area contributed by atoms with Gasteiger partial charge in [-0.05, 0) is 65.1 Å². The van der Waals surface area contributed by atoms with Gasteiger partial charge >= 0.3 is 0 Å². The van der Waals surface area contributed by atoms with Gasteiger partial charge in [0.25, 0.3) is 0 Å². The lowest BCUT2D eigenvalue weighted by atomic mass is 10.2. The number of rotatable bonds is 2. The highest BCUT2D eigenvalue weighted by molar-refractivity contribution is 14.1. The summed E-state index contributed by atoms with van der Waals surface area (Å²) in [5.41, 5.74) is 0.600. The van der Waals surface area contributed by atoms with Gasteiger partial charge in [-0.1, -0.05) is 6.07 Å². The topological polar surface area (TPSA) is 33.0 Å². The molecule has 2 aromatic rings. The molecule has 0 aliphatic carbocycles. The maximum absolute atomic E-state index is 8.76. The molecule has 0 heterocycles. The number of ether oxygens (including phenoxy) is 1. The van der Waals surface area contributed by atoms with E-state index in [1.807, 2.05) is 30.3 Å². The average molecular weight is 321 g/mol. The summed E-state index contributed by atoms with van der Waals surface area (Å²) in [4.78, 5) is 0. The van der Waals surface area contributed by atoms with Gasteiger partial charge in [0.05, 0.1) is 11.6 Å². The lowest BCUT2D eigenvalue weighted by Gasteiger charge is -2.05. The molecule has 0 spiro atoms. The van der Waals surface area contributed by atoms with Crippen LogP contribution in [0.2, 0.25) is 0 Å². The number of nitrogens with zero attached hydrogens (tertiary/aromatic N) is 1. The molecular weight excluding hydrogens is 313 g/mol. The van der Waals surface area contributed by atoms with Crippen LogP contribution < -0.4 is 4.74 Å². The van der Waals surface area contributed by atoms with Gasteiger partial charge in [0.2, 0.25) is 0 Å². The minimum atomic E-state index is 0.600. The molecule has 0 atom stereocenters. The van der Waals surface area contributed by atoms with Crippen LogP contribution >= 0.6 is 22.6 Å². The molecule has 0 N–H and O–H groups in total. The van der Waals surface area contributed by atoms with E-state index in [0.717, 1.165) is 9.32 Å². The number of halogens is 1. The van der Waals surface area contributed by atoms with Crippen molar-refractivity contribution in [1.29, 1.82) is 5.26 Å². The molecule has 0 amide bonds. The number of hydrogen-bond donors (Lipinski definition) is 0. The van der Waals surface area contributed by atoms with Crippen LogP contribution in [-0.4, -0.2) is 0 Å². The molecule has 0 bridgehead atoms. The monoisotopic (exact) mass is 321 g/mol.